The Morgan fingerprint density at radius 1 is 0.393 bits per heavy atom. The Kier molecular flexibility index (Phi) is 42.2. The average Bonchev–Trinajstić information content (AvgIpc) is 3.19. The predicted octanol–water partition coefficient (Wildman–Crippen LogP) is 11.3. The summed E-state index contributed by atoms with van der Waals surface area (Å²) in [5.41, 5.74) is 0. The second-order valence-electron chi connectivity index (χ2n) is 15.5. The quantitative estimate of drug-likeness (QED) is 0.0364. The third kappa shape index (κ3) is 41.4. The lowest BCUT2D eigenvalue weighted by atomic mass is 10.0. The molecule has 1 N–H and O–H groups in total. The summed E-state index contributed by atoms with van der Waals surface area (Å²) in [5.74, 6) is -1.60. The first-order valence-corrected chi connectivity index (χ1v) is 23.4. The van der Waals surface area contributed by atoms with Crippen molar-refractivity contribution in [3.05, 3.63) is 0 Å². The molecule has 10 nitrogen and oxygen atoms in total. The monoisotopic (exact) mass is 798 g/mol. The van der Waals surface area contributed by atoms with Crippen LogP contribution in [0.2, 0.25) is 0 Å². The molecule has 1 amide bonds. The minimum Gasteiger partial charge on any atom is -0.462 e. The first-order chi connectivity index (χ1) is 27.4. The van der Waals surface area contributed by atoms with Crippen molar-refractivity contribution < 1.29 is 42.9 Å². The zero-order valence-electron chi connectivity index (χ0n) is 36.6. The molecule has 0 aromatic heterocycles. The van der Waals surface area contributed by atoms with E-state index in [9.17, 15) is 19.2 Å². The molecule has 330 valence electrons. The summed E-state index contributed by atoms with van der Waals surface area (Å²) in [4.78, 5) is 49.8. The molecular weight excluding hydrogens is 711 g/mol. The highest BCUT2D eigenvalue weighted by molar-refractivity contribution is 5.81. The molecule has 10 heteroatoms. The SMILES string of the molecule is CCCCCCCCCCCCCCCC(=O)OCC(COC(=O)CCC(=O)NCCOCCOCCC)OC(=O)CCCCCCCCCCCCCCC. The molecule has 0 radical (unpaired) electrons. The summed E-state index contributed by atoms with van der Waals surface area (Å²) in [7, 11) is 0. The van der Waals surface area contributed by atoms with E-state index in [4.69, 9.17) is 23.7 Å². The van der Waals surface area contributed by atoms with Crippen molar-refractivity contribution in [1.82, 2.24) is 5.32 Å². The first-order valence-electron chi connectivity index (χ1n) is 23.4. The van der Waals surface area contributed by atoms with Gasteiger partial charge in [-0.1, -0.05) is 175 Å². The van der Waals surface area contributed by atoms with E-state index in [1.807, 2.05) is 6.92 Å². The van der Waals surface area contributed by atoms with Crippen molar-refractivity contribution in [2.24, 2.45) is 0 Å². The molecule has 1 unspecified atom stereocenters. The molecule has 0 saturated heterocycles. The second kappa shape index (κ2) is 43.9. The number of rotatable bonds is 44. The lowest BCUT2D eigenvalue weighted by Gasteiger charge is -2.18. The van der Waals surface area contributed by atoms with Crippen LogP contribution in [0.1, 0.15) is 220 Å². The first kappa shape index (κ1) is 53.8. The van der Waals surface area contributed by atoms with Crippen molar-refractivity contribution in [2.45, 2.75) is 226 Å². The summed E-state index contributed by atoms with van der Waals surface area (Å²) in [6.45, 7) is 8.51. The second-order valence-corrected chi connectivity index (χ2v) is 15.5. The number of amides is 1. The normalized spacial score (nSPS) is 11.7. The number of hydrogen-bond acceptors (Lipinski definition) is 9. The largest absolute Gasteiger partial charge is 0.462 e. The van der Waals surface area contributed by atoms with Gasteiger partial charge in [0, 0.05) is 32.4 Å². The van der Waals surface area contributed by atoms with Crippen LogP contribution in [-0.4, -0.2) is 76.1 Å². The molecule has 0 aliphatic carbocycles. The van der Waals surface area contributed by atoms with Gasteiger partial charge < -0.3 is 29.0 Å². The number of hydrogen-bond donors (Lipinski definition) is 1. The third-order valence-corrected chi connectivity index (χ3v) is 9.97. The van der Waals surface area contributed by atoms with Gasteiger partial charge in [0.1, 0.15) is 13.2 Å². The van der Waals surface area contributed by atoms with Crippen LogP contribution in [0.5, 0.6) is 0 Å². The van der Waals surface area contributed by atoms with Gasteiger partial charge in [0.05, 0.1) is 26.2 Å². The molecule has 0 aromatic carbocycles. The van der Waals surface area contributed by atoms with Crippen LogP contribution >= 0.6 is 0 Å². The molecule has 0 fully saturated rings. The van der Waals surface area contributed by atoms with Gasteiger partial charge in [-0.2, -0.15) is 0 Å². The number of carbonyl (C=O) groups is 4. The van der Waals surface area contributed by atoms with Crippen molar-refractivity contribution >= 4 is 23.8 Å². The van der Waals surface area contributed by atoms with Gasteiger partial charge in [-0.15, -0.1) is 0 Å². The summed E-state index contributed by atoms with van der Waals surface area (Å²) in [6, 6.07) is 0. The van der Waals surface area contributed by atoms with Crippen LogP contribution in [0.15, 0.2) is 0 Å². The summed E-state index contributed by atoms with van der Waals surface area (Å²) >= 11 is 0. The number of carbonyl (C=O) groups excluding carboxylic acids is 4. The van der Waals surface area contributed by atoms with E-state index in [1.165, 1.54) is 128 Å². The molecule has 0 rings (SSSR count). The van der Waals surface area contributed by atoms with E-state index in [0.29, 0.717) is 39.4 Å². The maximum absolute atomic E-state index is 12.7. The smallest absolute Gasteiger partial charge is 0.306 e. The van der Waals surface area contributed by atoms with Crippen molar-refractivity contribution in [3.63, 3.8) is 0 Å². The number of unbranched alkanes of at least 4 members (excludes halogenated alkanes) is 24. The van der Waals surface area contributed by atoms with Crippen LogP contribution < -0.4 is 5.32 Å². The van der Waals surface area contributed by atoms with Gasteiger partial charge in [-0.3, -0.25) is 19.2 Å². The van der Waals surface area contributed by atoms with Crippen molar-refractivity contribution in [3.8, 4) is 0 Å². The molecule has 0 aliphatic rings. The van der Waals surface area contributed by atoms with E-state index in [-0.39, 0.29) is 50.3 Å². The Hall–Kier alpha value is -2.20. The summed E-state index contributed by atoms with van der Waals surface area (Å²) in [5, 5.41) is 2.72. The fourth-order valence-electron chi connectivity index (χ4n) is 6.48. The number of nitrogens with one attached hydrogen (secondary N) is 1. The highest BCUT2D eigenvalue weighted by atomic mass is 16.6. The van der Waals surface area contributed by atoms with E-state index in [2.05, 4.69) is 19.2 Å². The minimum atomic E-state index is -0.892. The van der Waals surface area contributed by atoms with Crippen molar-refractivity contribution in [1.29, 1.82) is 0 Å². The van der Waals surface area contributed by atoms with E-state index in [0.717, 1.165) is 44.9 Å². The lowest BCUT2D eigenvalue weighted by molar-refractivity contribution is -0.167. The van der Waals surface area contributed by atoms with Crippen LogP contribution in [0.4, 0.5) is 0 Å². The highest BCUT2D eigenvalue weighted by Crippen LogP contribution is 2.15. The zero-order chi connectivity index (χ0) is 41.0. The van der Waals surface area contributed by atoms with Crippen LogP contribution in [0, 0.1) is 0 Å². The van der Waals surface area contributed by atoms with Gasteiger partial charge in [0.25, 0.3) is 0 Å². The van der Waals surface area contributed by atoms with Gasteiger partial charge in [0.15, 0.2) is 6.10 Å². The Bertz CT molecular complexity index is 900. The minimum absolute atomic E-state index is 0.0317. The predicted molar refractivity (Wildman–Crippen MR) is 227 cm³/mol. The van der Waals surface area contributed by atoms with E-state index < -0.39 is 12.1 Å². The summed E-state index contributed by atoms with van der Waals surface area (Å²) in [6.07, 6.45) is 32.3. The van der Waals surface area contributed by atoms with Crippen molar-refractivity contribution in [2.75, 3.05) is 46.2 Å². The molecular formula is C46H87NO9. The molecule has 0 heterocycles. The van der Waals surface area contributed by atoms with Gasteiger partial charge in [-0.25, -0.2) is 0 Å². The van der Waals surface area contributed by atoms with Crippen LogP contribution in [-0.2, 0) is 42.9 Å². The Balaban J connectivity index is 4.41. The molecule has 0 spiro atoms. The van der Waals surface area contributed by atoms with Crippen LogP contribution in [0.25, 0.3) is 0 Å². The van der Waals surface area contributed by atoms with Gasteiger partial charge in [-0.05, 0) is 19.3 Å². The molecule has 0 aromatic rings. The fourth-order valence-corrected chi connectivity index (χ4v) is 6.48. The Morgan fingerprint density at radius 2 is 0.768 bits per heavy atom. The third-order valence-electron chi connectivity index (χ3n) is 9.97. The average molecular weight is 798 g/mol. The van der Waals surface area contributed by atoms with Gasteiger partial charge >= 0.3 is 17.9 Å². The number of ether oxygens (including phenoxy) is 5. The molecule has 0 bridgehead atoms. The Labute approximate surface area is 343 Å². The standard InChI is InChI=1S/C46H87NO9/c1-4-7-9-11-13-15-17-19-21-23-25-27-29-31-44(49)54-40-42(41-55-45(50)34-33-43(48)47-35-37-53-39-38-52-36-6-3)56-46(51)32-30-28-26-24-22-20-18-16-14-12-10-8-5-2/h42H,4-41H2,1-3H3,(H,47,48). The number of esters is 3. The zero-order valence-corrected chi connectivity index (χ0v) is 36.6. The maximum atomic E-state index is 12.7. The maximum Gasteiger partial charge on any atom is 0.306 e. The van der Waals surface area contributed by atoms with E-state index in [1.54, 1.807) is 0 Å². The molecule has 1 atom stereocenters. The van der Waals surface area contributed by atoms with Gasteiger partial charge in [0.2, 0.25) is 5.91 Å². The molecule has 56 heavy (non-hydrogen) atoms. The highest BCUT2D eigenvalue weighted by Gasteiger charge is 2.20. The topological polar surface area (TPSA) is 126 Å². The fraction of sp³-hybridized carbons (Fsp3) is 0.913. The summed E-state index contributed by atoms with van der Waals surface area (Å²) < 4.78 is 27.2. The lowest BCUT2D eigenvalue weighted by Crippen LogP contribution is -2.31. The van der Waals surface area contributed by atoms with Crippen LogP contribution in [0.3, 0.4) is 0 Å². The van der Waals surface area contributed by atoms with E-state index >= 15 is 0 Å². The Morgan fingerprint density at radius 3 is 1.20 bits per heavy atom. The molecule has 0 aliphatic heterocycles. The molecule has 0 saturated carbocycles.